The first-order valence-corrected chi connectivity index (χ1v) is 2.91. The Morgan fingerprint density at radius 3 is 2.78 bits per heavy atom. The monoisotopic (exact) mass is 143 g/mol. The van der Waals surface area contributed by atoms with E-state index in [1.165, 1.54) is 12.1 Å². The fourth-order valence-electron chi connectivity index (χ4n) is 0.517. The van der Waals surface area contributed by atoms with Crippen LogP contribution in [0.1, 0.15) is 5.56 Å². The average Bonchev–Trinajstić information content (AvgIpc) is 1.80. The fourth-order valence-corrected chi connectivity index (χ4v) is 0.676. The molecule has 1 radical (unpaired) electrons. The van der Waals surface area contributed by atoms with Crippen molar-refractivity contribution >= 4 is 11.6 Å². The van der Waals surface area contributed by atoms with E-state index in [0.29, 0.717) is 5.02 Å². The predicted octanol–water partition coefficient (Wildman–Crippen LogP) is 2.59. The summed E-state index contributed by atoms with van der Waals surface area (Å²) in [5.41, 5.74) is 0.776. The van der Waals surface area contributed by atoms with Gasteiger partial charge in [-0.2, -0.15) is 0 Å². The number of aryl methyl sites for hydroxylation is 1. The molecule has 1 rings (SSSR count). The molecule has 0 bridgehead atoms. The highest BCUT2D eigenvalue weighted by Crippen LogP contribution is 2.14. The summed E-state index contributed by atoms with van der Waals surface area (Å²) in [6.07, 6.45) is 0. The third-order valence-corrected chi connectivity index (χ3v) is 1.44. The minimum atomic E-state index is -0.342. The lowest BCUT2D eigenvalue weighted by molar-refractivity contribution is 0.627. The number of halogens is 2. The van der Waals surface area contributed by atoms with E-state index in [-0.39, 0.29) is 5.82 Å². The quantitative estimate of drug-likeness (QED) is 0.524. The standard InChI is InChI=1S/C7H5ClF/c1-5-2-3-6(9)4-7(5)8/h3-4H,1H3. The van der Waals surface area contributed by atoms with Crippen molar-refractivity contribution in [1.82, 2.24) is 0 Å². The average molecular weight is 144 g/mol. The number of hydrogen-bond donors (Lipinski definition) is 0. The Bertz CT molecular complexity index is 220. The van der Waals surface area contributed by atoms with Crippen LogP contribution in [0.4, 0.5) is 4.39 Å². The number of benzene rings is 1. The lowest BCUT2D eigenvalue weighted by Gasteiger charge is -1.93. The Morgan fingerprint density at radius 2 is 2.33 bits per heavy atom. The lowest BCUT2D eigenvalue weighted by atomic mass is 10.2. The second kappa shape index (κ2) is 2.36. The summed E-state index contributed by atoms with van der Waals surface area (Å²) in [6.45, 7) is 1.78. The summed E-state index contributed by atoms with van der Waals surface area (Å²) < 4.78 is 12.2. The van der Waals surface area contributed by atoms with Crippen molar-refractivity contribution in [2.45, 2.75) is 6.92 Å². The molecule has 0 saturated carbocycles. The molecule has 0 aliphatic carbocycles. The molecule has 0 aromatic heterocycles. The van der Waals surface area contributed by atoms with Gasteiger partial charge in [-0.3, -0.25) is 0 Å². The van der Waals surface area contributed by atoms with E-state index in [9.17, 15) is 4.39 Å². The maximum Gasteiger partial charge on any atom is 0.125 e. The van der Waals surface area contributed by atoms with Crippen LogP contribution in [0.15, 0.2) is 12.1 Å². The van der Waals surface area contributed by atoms with Gasteiger partial charge in [-0.1, -0.05) is 11.6 Å². The van der Waals surface area contributed by atoms with Crippen molar-refractivity contribution in [3.63, 3.8) is 0 Å². The van der Waals surface area contributed by atoms with Gasteiger partial charge < -0.3 is 0 Å². The van der Waals surface area contributed by atoms with Gasteiger partial charge in [0.1, 0.15) is 5.82 Å². The van der Waals surface area contributed by atoms with Crippen molar-refractivity contribution in [2.75, 3.05) is 0 Å². The molecule has 47 valence electrons. The van der Waals surface area contributed by atoms with Crippen LogP contribution in [0.25, 0.3) is 0 Å². The number of hydrogen-bond acceptors (Lipinski definition) is 0. The van der Waals surface area contributed by atoms with E-state index in [4.69, 9.17) is 11.6 Å². The third kappa shape index (κ3) is 1.42. The first-order valence-electron chi connectivity index (χ1n) is 2.53. The highest BCUT2D eigenvalue weighted by Gasteiger charge is 1.94. The van der Waals surface area contributed by atoms with Gasteiger partial charge in [0, 0.05) is 5.02 Å². The van der Waals surface area contributed by atoms with Gasteiger partial charge in [-0.05, 0) is 30.7 Å². The molecule has 1 aromatic rings. The molecule has 0 aliphatic rings. The molecular formula is C7H5ClF. The van der Waals surface area contributed by atoms with Gasteiger partial charge in [-0.15, -0.1) is 0 Å². The largest absolute Gasteiger partial charge is 0.207 e. The summed E-state index contributed by atoms with van der Waals surface area (Å²) in [5, 5.41) is 0.426. The zero-order valence-corrected chi connectivity index (χ0v) is 5.67. The molecule has 0 heterocycles. The van der Waals surface area contributed by atoms with E-state index in [1.807, 2.05) is 0 Å². The Morgan fingerprint density at radius 1 is 1.67 bits per heavy atom. The minimum absolute atomic E-state index is 0.342. The summed E-state index contributed by atoms with van der Waals surface area (Å²) in [4.78, 5) is 0. The molecule has 9 heavy (non-hydrogen) atoms. The topological polar surface area (TPSA) is 0 Å². The van der Waals surface area contributed by atoms with Gasteiger partial charge in [-0.25, -0.2) is 4.39 Å². The molecule has 0 spiro atoms. The van der Waals surface area contributed by atoms with Crippen molar-refractivity contribution in [2.24, 2.45) is 0 Å². The van der Waals surface area contributed by atoms with Gasteiger partial charge in [0.25, 0.3) is 0 Å². The number of rotatable bonds is 0. The summed E-state index contributed by atoms with van der Waals surface area (Å²) in [5.74, 6) is -0.342. The Hall–Kier alpha value is -0.560. The third-order valence-electron chi connectivity index (χ3n) is 1.05. The minimum Gasteiger partial charge on any atom is -0.207 e. The van der Waals surface area contributed by atoms with Crippen molar-refractivity contribution in [3.8, 4) is 0 Å². The zero-order chi connectivity index (χ0) is 6.85. The SMILES string of the molecule is Cc1[c]cc(F)cc1Cl. The van der Waals surface area contributed by atoms with E-state index >= 15 is 0 Å². The Labute approximate surface area is 58.3 Å². The second-order valence-electron chi connectivity index (χ2n) is 1.79. The van der Waals surface area contributed by atoms with Crippen LogP contribution in [-0.4, -0.2) is 0 Å². The normalized spacial score (nSPS) is 9.67. The second-order valence-corrected chi connectivity index (χ2v) is 2.20. The maximum absolute atomic E-state index is 12.2. The van der Waals surface area contributed by atoms with E-state index in [2.05, 4.69) is 6.07 Å². The van der Waals surface area contributed by atoms with Crippen LogP contribution in [0, 0.1) is 18.8 Å². The van der Waals surface area contributed by atoms with Crippen LogP contribution >= 0.6 is 11.6 Å². The van der Waals surface area contributed by atoms with E-state index in [1.54, 1.807) is 6.92 Å². The van der Waals surface area contributed by atoms with Gasteiger partial charge >= 0.3 is 0 Å². The van der Waals surface area contributed by atoms with Gasteiger partial charge in [0.05, 0.1) is 0 Å². The van der Waals surface area contributed by atoms with Crippen molar-refractivity contribution in [1.29, 1.82) is 0 Å². The molecule has 0 N–H and O–H groups in total. The molecule has 0 aliphatic heterocycles. The van der Waals surface area contributed by atoms with E-state index in [0.717, 1.165) is 5.56 Å². The maximum atomic E-state index is 12.2. The summed E-state index contributed by atoms with van der Waals surface area (Å²) >= 11 is 5.54. The van der Waals surface area contributed by atoms with Crippen molar-refractivity contribution in [3.05, 3.63) is 34.6 Å². The molecule has 0 nitrogen and oxygen atoms in total. The van der Waals surface area contributed by atoms with Crippen LogP contribution < -0.4 is 0 Å². The molecule has 2 heteroatoms. The fraction of sp³-hybridized carbons (Fsp3) is 0.143. The molecule has 0 amide bonds. The molecular weight excluding hydrogens is 139 g/mol. The molecule has 0 atom stereocenters. The first-order chi connectivity index (χ1) is 4.20. The zero-order valence-electron chi connectivity index (χ0n) is 4.91. The van der Waals surface area contributed by atoms with Crippen molar-refractivity contribution < 1.29 is 4.39 Å². The Kier molecular flexibility index (Phi) is 1.72. The highest BCUT2D eigenvalue weighted by molar-refractivity contribution is 6.31. The highest BCUT2D eigenvalue weighted by atomic mass is 35.5. The molecule has 1 aromatic carbocycles. The first kappa shape index (κ1) is 6.56. The van der Waals surface area contributed by atoms with Crippen LogP contribution in [-0.2, 0) is 0 Å². The predicted molar refractivity (Wildman–Crippen MR) is 35.0 cm³/mol. The van der Waals surface area contributed by atoms with Crippen LogP contribution in [0.5, 0.6) is 0 Å². The van der Waals surface area contributed by atoms with Crippen LogP contribution in [0.3, 0.4) is 0 Å². The van der Waals surface area contributed by atoms with E-state index < -0.39 is 0 Å². The lowest BCUT2D eigenvalue weighted by Crippen LogP contribution is -1.77. The summed E-state index contributed by atoms with van der Waals surface area (Å²) in [7, 11) is 0. The molecule has 0 unspecified atom stereocenters. The summed E-state index contributed by atoms with van der Waals surface area (Å²) in [6, 6.07) is 5.20. The smallest absolute Gasteiger partial charge is 0.125 e. The Balaban J connectivity index is 3.17. The van der Waals surface area contributed by atoms with Gasteiger partial charge in [0.15, 0.2) is 0 Å². The molecule has 0 fully saturated rings. The van der Waals surface area contributed by atoms with Crippen LogP contribution in [0.2, 0.25) is 5.02 Å². The van der Waals surface area contributed by atoms with Gasteiger partial charge in [0.2, 0.25) is 0 Å². The molecule has 0 saturated heterocycles.